The molecule has 1 aromatic heterocycles. The minimum absolute atomic E-state index is 0.249. The third-order valence-corrected chi connectivity index (χ3v) is 3.47. The highest BCUT2D eigenvalue weighted by atomic mass is 32.1. The molecule has 2 unspecified atom stereocenters. The molecule has 0 aliphatic carbocycles. The van der Waals surface area contributed by atoms with Crippen molar-refractivity contribution < 1.29 is 5.11 Å². The van der Waals surface area contributed by atoms with E-state index in [2.05, 4.69) is 20.6 Å². The second-order valence-electron chi connectivity index (χ2n) is 3.89. The number of aliphatic hydroxyl groups excluding tert-OH is 1. The van der Waals surface area contributed by atoms with E-state index in [-0.39, 0.29) is 6.61 Å². The summed E-state index contributed by atoms with van der Waals surface area (Å²) in [5.74, 6) is 0.589. The van der Waals surface area contributed by atoms with E-state index in [1.54, 1.807) is 0 Å². The van der Waals surface area contributed by atoms with E-state index in [0.717, 1.165) is 18.8 Å². The molecule has 4 nitrogen and oxygen atoms in total. The molecule has 2 rings (SSSR count). The molecule has 1 saturated heterocycles. The third kappa shape index (κ3) is 1.94. The second-order valence-corrected chi connectivity index (χ2v) is 4.44. The first-order valence-corrected chi connectivity index (χ1v) is 5.65. The van der Waals surface area contributed by atoms with Gasteiger partial charge in [-0.2, -0.15) is 8.75 Å². The summed E-state index contributed by atoms with van der Waals surface area (Å²) in [4.78, 5) is 2.29. The normalized spacial score (nSPS) is 28.4. The van der Waals surface area contributed by atoms with Crippen molar-refractivity contribution in [1.82, 2.24) is 13.6 Å². The van der Waals surface area contributed by atoms with E-state index >= 15 is 0 Å². The molecule has 0 radical (unpaired) electrons. The minimum atomic E-state index is 0.249. The first kappa shape index (κ1) is 10.0. The molecule has 0 spiro atoms. The first-order chi connectivity index (χ1) is 6.81. The van der Waals surface area contributed by atoms with Crippen LogP contribution in [0.25, 0.3) is 0 Å². The number of aromatic nitrogens is 2. The molecular weight excluding hydrogens is 198 g/mol. The Labute approximate surface area is 87.9 Å². The molecule has 0 amide bonds. The molecule has 2 heterocycles. The van der Waals surface area contributed by atoms with Crippen LogP contribution in [0.1, 0.15) is 19.0 Å². The van der Waals surface area contributed by atoms with E-state index in [1.165, 1.54) is 18.1 Å². The van der Waals surface area contributed by atoms with Gasteiger partial charge in [0.05, 0.1) is 30.2 Å². The SMILES string of the molecule is CC1CCN(Cc2cnsn2)C1CO. The van der Waals surface area contributed by atoms with Gasteiger partial charge in [0.1, 0.15) is 0 Å². The second kappa shape index (κ2) is 4.33. The van der Waals surface area contributed by atoms with Crippen molar-refractivity contribution in [2.75, 3.05) is 13.2 Å². The van der Waals surface area contributed by atoms with Crippen LogP contribution < -0.4 is 0 Å². The molecule has 1 fully saturated rings. The van der Waals surface area contributed by atoms with Crippen LogP contribution in [0.2, 0.25) is 0 Å². The molecule has 0 bridgehead atoms. The Morgan fingerprint density at radius 3 is 3.21 bits per heavy atom. The number of hydrogen-bond acceptors (Lipinski definition) is 5. The summed E-state index contributed by atoms with van der Waals surface area (Å²) in [5.41, 5.74) is 1.02. The minimum Gasteiger partial charge on any atom is -0.395 e. The monoisotopic (exact) mass is 213 g/mol. The highest BCUT2D eigenvalue weighted by molar-refractivity contribution is 6.99. The van der Waals surface area contributed by atoms with Gasteiger partial charge >= 0.3 is 0 Å². The highest BCUT2D eigenvalue weighted by Crippen LogP contribution is 2.24. The lowest BCUT2D eigenvalue weighted by Gasteiger charge is -2.23. The summed E-state index contributed by atoms with van der Waals surface area (Å²) in [5, 5.41) is 9.26. The van der Waals surface area contributed by atoms with Crippen LogP contribution in [0.5, 0.6) is 0 Å². The van der Waals surface area contributed by atoms with Crippen molar-refractivity contribution in [3.05, 3.63) is 11.9 Å². The Bertz CT molecular complexity index is 278. The highest BCUT2D eigenvalue weighted by Gasteiger charge is 2.30. The zero-order valence-corrected chi connectivity index (χ0v) is 9.07. The summed E-state index contributed by atoms with van der Waals surface area (Å²) in [7, 11) is 0. The molecule has 78 valence electrons. The number of rotatable bonds is 3. The van der Waals surface area contributed by atoms with Gasteiger partial charge in [0.2, 0.25) is 0 Å². The maximum absolute atomic E-state index is 9.26. The van der Waals surface area contributed by atoms with Crippen molar-refractivity contribution in [3.8, 4) is 0 Å². The maximum atomic E-state index is 9.26. The van der Waals surface area contributed by atoms with Crippen LogP contribution in [0, 0.1) is 5.92 Å². The molecule has 1 N–H and O–H groups in total. The number of nitrogens with zero attached hydrogens (tertiary/aromatic N) is 3. The van der Waals surface area contributed by atoms with Crippen LogP contribution >= 0.6 is 11.7 Å². The number of hydrogen-bond donors (Lipinski definition) is 1. The zero-order chi connectivity index (χ0) is 9.97. The molecule has 1 aliphatic rings. The van der Waals surface area contributed by atoms with E-state index < -0.39 is 0 Å². The lowest BCUT2D eigenvalue weighted by molar-refractivity contribution is 0.133. The fourth-order valence-electron chi connectivity index (χ4n) is 2.04. The molecular formula is C9H15N3OS. The summed E-state index contributed by atoms with van der Waals surface area (Å²) in [6.45, 7) is 4.33. The average molecular weight is 213 g/mol. The van der Waals surface area contributed by atoms with Gasteiger partial charge < -0.3 is 5.11 Å². The van der Waals surface area contributed by atoms with Gasteiger partial charge in [-0.1, -0.05) is 6.92 Å². The van der Waals surface area contributed by atoms with Crippen molar-refractivity contribution in [2.24, 2.45) is 5.92 Å². The van der Waals surface area contributed by atoms with Crippen LogP contribution in [0.3, 0.4) is 0 Å². The fourth-order valence-corrected chi connectivity index (χ4v) is 2.47. The van der Waals surface area contributed by atoms with Crippen LogP contribution in [-0.2, 0) is 6.54 Å². The number of aliphatic hydroxyl groups is 1. The van der Waals surface area contributed by atoms with Crippen LogP contribution in [0.15, 0.2) is 6.20 Å². The molecule has 1 aliphatic heterocycles. The molecule has 5 heteroatoms. The quantitative estimate of drug-likeness (QED) is 0.804. The lowest BCUT2D eigenvalue weighted by atomic mass is 10.0. The van der Waals surface area contributed by atoms with Gasteiger partial charge in [0.25, 0.3) is 0 Å². The van der Waals surface area contributed by atoms with Crippen molar-refractivity contribution >= 4 is 11.7 Å². The van der Waals surface area contributed by atoms with Crippen LogP contribution in [0.4, 0.5) is 0 Å². The summed E-state index contributed by atoms with van der Waals surface area (Å²) >= 11 is 1.24. The standard InChI is InChI=1S/C9H15N3OS/c1-7-2-3-12(9(7)6-13)5-8-4-10-14-11-8/h4,7,9,13H,2-3,5-6H2,1H3. The molecule has 2 atom stereocenters. The van der Waals surface area contributed by atoms with E-state index in [9.17, 15) is 5.11 Å². The third-order valence-electron chi connectivity index (χ3n) is 2.96. The molecule has 0 aromatic carbocycles. The Morgan fingerprint density at radius 2 is 2.57 bits per heavy atom. The Morgan fingerprint density at radius 1 is 1.71 bits per heavy atom. The topological polar surface area (TPSA) is 49.2 Å². The largest absolute Gasteiger partial charge is 0.395 e. The Balaban J connectivity index is 1.98. The molecule has 0 saturated carbocycles. The fraction of sp³-hybridized carbons (Fsp3) is 0.778. The van der Waals surface area contributed by atoms with Gasteiger partial charge in [0, 0.05) is 12.6 Å². The molecule has 14 heavy (non-hydrogen) atoms. The van der Waals surface area contributed by atoms with Crippen molar-refractivity contribution in [2.45, 2.75) is 25.9 Å². The van der Waals surface area contributed by atoms with E-state index in [0.29, 0.717) is 12.0 Å². The van der Waals surface area contributed by atoms with Gasteiger partial charge in [0.15, 0.2) is 0 Å². The Hall–Kier alpha value is -0.520. The van der Waals surface area contributed by atoms with Crippen molar-refractivity contribution in [1.29, 1.82) is 0 Å². The zero-order valence-electron chi connectivity index (χ0n) is 8.26. The smallest absolute Gasteiger partial charge is 0.0883 e. The van der Waals surface area contributed by atoms with E-state index in [1.807, 2.05) is 6.20 Å². The van der Waals surface area contributed by atoms with E-state index in [4.69, 9.17) is 0 Å². The maximum Gasteiger partial charge on any atom is 0.0883 e. The van der Waals surface area contributed by atoms with Gasteiger partial charge in [-0.15, -0.1) is 0 Å². The van der Waals surface area contributed by atoms with Crippen molar-refractivity contribution in [3.63, 3.8) is 0 Å². The lowest BCUT2D eigenvalue weighted by Crippen LogP contribution is -2.34. The molecule has 1 aromatic rings. The van der Waals surface area contributed by atoms with Gasteiger partial charge in [-0.3, -0.25) is 4.90 Å². The van der Waals surface area contributed by atoms with Gasteiger partial charge in [-0.25, -0.2) is 0 Å². The predicted molar refractivity (Wildman–Crippen MR) is 55.0 cm³/mol. The Kier molecular flexibility index (Phi) is 3.10. The predicted octanol–water partition coefficient (Wildman–Crippen LogP) is 0.741. The van der Waals surface area contributed by atoms with Gasteiger partial charge in [-0.05, 0) is 18.9 Å². The van der Waals surface area contributed by atoms with Crippen LogP contribution in [-0.4, -0.2) is 37.9 Å². The summed E-state index contributed by atoms with van der Waals surface area (Å²) < 4.78 is 8.16. The summed E-state index contributed by atoms with van der Waals surface area (Å²) in [6, 6.07) is 0.302. The average Bonchev–Trinajstić information content (AvgIpc) is 2.77. The number of likely N-dealkylation sites (tertiary alicyclic amines) is 1. The summed E-state index contributed by atoms with van der Waals surface area (Å²) in [6.07, 6.45) is 2.98. The first-order valence-electron chi connectivity index (χ1n) is 4.92.